The Morgan fingerprint density at radius 2 is 1.70 bits per heavy atom. The molecule has 4 rings (SSSR count). The zero-order valence-corrected chi connectivity index (χ0v) is 32.0. The fourth-order valence-corrected chi connectivity index (χ4v) is 6.33. The summed E-state index contributed by atoms with van der Waals surface area (Å²) in [6.45, 7) is 6.48. The minimum Gasteiger partial charge on any atom is -0.490 e. The minimum absolute atomic E-state index is 0.131. The highest BCUT2D eigenvalue weighted by atomic mass is 16.5. The molecule has 0 radical (unpaired) electrons. The van der Waals surface area contributed by atoms with E-state index >= 15 is 0 Å². The molecule has 1 aliphatic rings. The number of unbranched alkanes of at least 4 members (excludes halogenated alkanes) is 2. The van der Waals surface area contributed by atoms with Crippen LogP contribution in [-0.2, 0) is 14.3 Å². The summed E-state index contributed by atoms with van der Waals surface area (Å²) in [6.07, 6.45) is 7.39. The van der Waals surface area contributed by atoms with Crippen LogP contribution in [0.15, 0.2) is 67.0 Å². The number of hydrogen-bond donors (Lipinski definition) is 4. The van der Waals surface area contributed by atoms with Gasteiger partial charge in [0.25, 0.3) is 11.8 Å². The molecular weight excluding hydrogens is 688 g/mol. The van der Waals surface area contributed by atoms with Gasteiger partial charge in [0, 0.05) is 69.1 Å². The first-order valence-electron chi connectivity index (χ1n) is 18.9. The van der Waals surface area contributed by atoms with Crippen molar-refractivity contribution in [2.45, 2.75) is 90.4 Å². The van der Waals surface area contributed by atoms with Crippen LogP contribution in [0.2, 0.25) is 0 Å². The van der Waals surface area contributed by atoms with E-state index in [1.165, 1.54) is 0 Å². The Kier molecular flexibility index (Phi) is 16.3. The fraction of sp³-hybridized carbons (Fsp3) is 0.488. The smallest absolute Gasteiger partial charge is 0.258 e. The summed E-state index contributed by atoms with van der Waals surface area (Å²) in [5, 5.41) is 16.0. The quantitative estimate of drug-likeness (QED) is 0.125. The van der Waals surface area contributed by atoms with E-state index in [1.54, 1.807) is 90.8 Å². The number of anilines is 3. The molecule has 0 saturated heterocycles. The van der Waals surface area contributed by atoms with Crippen LogP contribution >= 0.6 is 0 Å². The van der Waals surface area contributed by atoms with Crippen molar-refractivity contribution in [2.24, 2.45) is 5.92 Å². The number of nitrogens with zero attached hydrogens (tertiary/aromatic N) is 3. The number of pyridine rings is 1. The molecule has 1 aromatic heterocycles. The van der Waals surface area contributed by atoms with Gasteiger partial charge in [-0.3, -0.25) is 24.2 Å². The molecular formula is C41H56N6O7. The Hall–Kier alpha value is -5.01. The van der Waals surface area contributed by atoms with Gasteiger partial charge < -0.3 is 40.7 Å². The van der Waals surface area contributed by atoms with Crippen molar-refractivity contribution >= 4 is 40.7 Å². The van der Waals surface area contributed by atoms with Crippen molar-refractivity contribution in [3.05, 3.63) is 78.1 Å². The van der Waals surface area contributed by atoms with Gasteiger partial charge in [-0.2, -0.15) is 0 Å². The first-order chi connectivity index (χ1) is 26.0. The molecule has 3 aromatic rings. The van der Waals surface area contributed by atoms with Crippen LogP contribution in [0.25, 0.3) is 0 Å². The molecule has 5 N–H and O–H groups in total. The van der Waals surface area contributed by atoms with E-state index in [0.29, 0.717) is 67.2 Å². The number of nitrogen functional groups attached to an aromatic ring is 1. The van der Waals surface area contributed by atoms with Crippen molar-refractivity contribution in [1.82, 2.24) is 14.8 Å². The SMILES string of the molecule is C[C@@H]1CCCCO[C@@H](CN(C)C(=O)c2ccncc2)[C@@H](C)CN([C@H](C)CO)C(=O)c2cc(NC(=O)CCCCCC(=O)Nc3ccccc3N)ccc2O1. The van der Waals surface area contributed by atoms with E-state index in [0.717, 1.165) is 19.3 Å². The average molecular weight is 745 g/mol. The number of carbonyl (C=O) groups is 4. The number of ether oxygens (including phenoxy) is 2. The summed E-state index contributed by atoms with van der Waals surface area (Å²) < 4.78 is 12.7. The molecule has 13 nitrogen and oxygen atoms in total. The van der Waals surface area contributed by atoms with E-state index in [4.69, 9.17) is 15.2 Å². The van der Waals surface area contributed by atoms with Gasteiger partial charge in [0.2, 0.25) is 11.8 Å². The number of likely N-dealkylation sites (N-methyl/N-ethyl adjacent to an activating group) is 1. The maximum atomic E-state index is 14.4. The first kappa shape index (κ1) is 41.7. The molecule has 13 heteroatoms. The summed E-state index contributed by atoms with van der Waals surface area (Å²) >= 11 is 0. The number of carbonyl (C=O) groups excluding carboxylic acids is 4. The second-order valence-electron chi connectivity index (χ2n) is 14.2. The van der Waals surface area contributed by atoms with Crippen molar-refractivity contribution in [1.29, 1.82) is 0 Å². The normalized spacial score (nSPS) is 18.7. The number of rotatable bonds is 13. The van der Waals surface area contributed by atoms with Gasteiger partial charge in [-0.15, -0.1) is 0 Å². The summed E-state index contributed by atoms with van der Waals surface area (Å²) in [5.74, 6) is -0.665. The van der Waals surface area contributed by atoms with Crippen LogP contribution in [0.5, 0.6) is 5.75 Å². The highest BCUT2D eigenvalue weighted by Crippen LogP contribution is 2.29. The van der Waals surface area contributed by atoms with Crippen LogP contribution in [-0.4, -0.2) is 95.1 Å². The Morgan fingerprint density at radius 3 is 2.41 bits per heavy atom. The van der Waals surface area contributed by atoms with Gasteiger partial charge in [-0.05, 0) is 88.4 Å². The van der Waals surface area contributed by atoms with Crippen LogP contribution < -0.4 is 21.1 Å². The van der Waals surface area contributed by atoms with Gasteiger partial charge in [-0.25, -0.2) is 0 Å². The van der Waals surface area contributed by atoms with E-state index in [2.05, 4.69) is 15.6 Å². The summed E-state index contributed by atoms with van der Waals surface area (Å²) in [7, 11) is 1.73. The number of hydrogen-bond acceptors (Lipinski definition) is 9. The van der Waals surface area contributed by atoms with Crippen LogP contribution in [0.3, 0.4) is 0 Å². The maximum Gasteiger partial charge on any atom is 0.258 e. The Balaban J connectivity index is 1.44. The highest BCUT2D eigenvalue weighted by molar-refractivity contribution is 6.00. The largest absolute Gasteiger partial charge is 0.490 e. The fourth-order valence-electron chi connectivity index (χ4n) is 6.33. The van der Waals surface area contributed by atoms with Crippen molar-refractivity contribution in [3.8, 4) is 5.75 Å². The third-order valence-electron chi connectivity index (χ3n) is 9.61. The van der Waals surface area contributed by atoms with Crippen LogP contribution in [0, 0.1) is 5.92 Å². The molecule has 4 atom stereocenters. The molecule has 1 aliphatic heterocycles. The predicted octanol–water partition coefficient (Wildman–Crippen LogP) is 5.76. The van der Waals surface area contributed by atoms with E-state index < -0.39 is 6.04 Å². The van der Waals surface area contributed by atoms with Crippen LogP contribution in [0.4, 0.5) is 17.1 Å². The number of aromatic nitrogens is 1. The lowest BCUT2D eigenvalue weighted by Crippen LogP contribution is -2.48. The number of amides is 4. The third kappa shape index (κ3) is 12.6. The molecule has 0 fully saturated rings. The van der Waals surface area contributed by atoms with E-state index in [1.807, 2.05) is 13.8 Å². The third-order valence-corrected chi connectivity index (χ3v) is 9.61. The number of nitrogens with two attached hydrogens (primary N) is 1. The number of para-hydroxylation sites is 2. The molecule has 4 amide bonds. The van der Waals surface area contributed by atoms with Gasteiger partial charge in [0.15, 0.2) is 0 Å². The zero-order chi connectivity index (χ0) is 39.0. The number of aliphatic hydroxyl groups excluding tert-OH is 1. The number of fused-ring (bicyclic) bond motifs is 1. The maximum absolute atomic E-state index is 14.4. The van der Waals surface area contributed by atoms with E-state index in [9.17, 15) is 24.3 Å². The monoisotopic (exact) mass is 744 g/mol. The molecule has 2 heterocycles. The molecule has 0 saturated carbocycles. The van der Waals surface area contributed by atoms with Gasteiger partial charge in [0.05, 0.1) is 41.8 Å². The zero-order valence-electron chi connectivity index (χ0n) is 32.0. The topological polar surface area (TPSA) is 176 Å². The number of nitrogens with one attached hydrogen (secondary N) is 2. The Labute approximate surface area is 318 Å². The lowest BCUT2D eigenvalue weighted by Gasteiger charge is -2.36. The second-order valence-corrected chi connectivity index (χ2v) is 14.2. The van der Waals surface area contributed by atoms with E-state index in [-0.39, 0.29) is 66.9 Å². The number of aliphatic hydroxyl groups is 1. The summed E-state index contributed by atoms with van der Waals surface area (Å²) in [5.41, 5.74) is 8.24. The molecule has 0 spiro atoms. The van der Waals surface area contributed by atoms with Crippen molar-refractivity contribution < 1.29 is 33.8 Å². The molecule has 0 aliphatic carbocycles. The molecule has 292 valence electrons. The summed E-state index contributed by atoms with van der Waals surface area (Å²) in [4.78, 5) is 60.2. The standard InChI is InChI=1S/C41H56N6O7/c1-28-25-47(29(2)27-48)41(52)33-24-32(44-38(49)15-6-5-7-16-39(50)45-35-14-9-8-13-34(35)42)17-18-36(33)54-30(3)12-10-11-23-53-37(28)26-46(4)40(51)31-19-21-43-22-20-31/h8-9,13-14,17-22,24,28-30,37,48H,5-7,10-12,15-16,23,25-27,42H2,1-4H3,(H,44,49)(H,45,50)/t28-,29+,30+,37-/m0/s1. The molecule has 2 aromatic carbocycles. The van der Waals surface area contributed by atoms with Gasteiger partial charge in [0.1, 0.15) is 5.75 Å². The average Bonchev–Trinajstić information content (AvgIpc) is 3.16. The minimum atomic E-state index is -0.541. The molecule has 0 unspecified atom stereocenters. The van der Waals surface area contributed by atoms with Crippen molar-refractivity contribution in [3.63, 3.8) is 0 Å². The summed E-state index contributed by atoms with van der Waals surface area (Å²) in [6, 6.07) is 15.0. The lowest BCUT2D eigenvalue weighted by atomic mass is 10.0. The lowest BCUT2D eigenvalue weighted by molar-refractivity contribution is -0.116. The van der Waals surface area contributed by atoms with Crippen molar-refractivity contribution in [2.75, 3.05) is 49.7 Å². The van der Waals surface area contributed by atoms with Gasteiger partial charge >= 0.3 is 0 Å². The highest BCUT2D eigenvalue weighted by Gasteiger charge is 2.31. The predicted molar refractivity (Wildman–Crippen MR) is 209 cm³/mol. The Morgan fingerprint density at radius 1 is 1.00 bits per heavy atom. The first-order valence-corrected chi connectivity index (χ1v) is 18.9. The second kappa shape index (κ2) is 21.0. The number of benzene rings is 2. The molecule has 54 heavy (non-hydrogen) atoms. The van der Waals surface area contributed by atoms with Crippen LogP contribution in [0.1, 0.15) is 92.9 Å². The Bertz CT molecular complexity index is 1690. The van der Waals surface area contributed by atoms with Gasteiger partial charge in [-0.1, -0.05) is 25.5 Å². The molecule has 0 bridgehead atoms.